The average molecular weight is 308 g/mol. The zero-order valence-electron chi connectivity index (χ0n) is 13.4. The Morgan fingerprint density at radius 1 is 1.24 bits per heavy atom. The molecule has 1 saturated heterocycles. The molecule has 118 valence electrons. The second kappa shape index (κ2) is 7.18. The number of likely N-dealkylation sites (N-methyl/N-ethyl adjacent to an activating group) is 1. The highest BCUT2D eigenvalue weighted by Crippen LogP contribution is 2.42. The molecule has 2 heterocycles. The maximum Gasteiger partial charge on any atom is 0.0944 e. The maximum atomic E-state index is 4.97. The van der Waals surface area contributed by atoms with Gasteiger partial charge in [-0.05, 0) is 26.4 Å². The molecular weight excluding hydrogens is 280 g/mol. The number of aromatic nitrogens is 1. The van der Waals surface area contributed by atoms with Crippen molar-refractivity contribution in [2.45, 2.75) is 38.6 Å². The molecule has 1 aliphatic heterocycles. The zero-order valence-corrected chi connectivity index (χ0v) is 14.2. The Kier molecular flexibility index (Phi) is 5.27. The predicted molar refractivity (Wildman–Crippen MR) is 89.1 cm³/mol. The van der Waals surface area contributed by atoms with Gasteiger partial charge in [-0.3, -0.25) is 0 Å². The van der Waals surface area contributed by atoms with E-state index < -0.39 is 0 Å². The van der Waals surface area contributed by atoms with E-state index in [9.17, 15) is 0 Å². The number of nitrogens with zero attached hydrogens (tertiary/aromatic N) is 3. The lowest BCUT2D eigenvalue weighted by Gasteiger charge is -2.32. The first-order valence-electron chi connectivity index (χ1n) is 8.36. The van der Waals surface area contributed by atoms with Gasteiger partial charge in [-0.15, -0.1) is 11.3 Å². The van der Waals surface area contributed by atoms with Crippen LogP contribution in [0.25, 0.3) is 0 Å². The smallest absolute Gasteiger partial charge is 0.0944 e. The number of hydrogen-bond donors (Lipinski definition) is 1. The maximum absolute atomic E-state index is 4.97. The number of piperazine rings is 1. The van der Waals surface area contributed by atoms with Crippen molar-refractivity contribution < 1.29 is 0 Å². The van der Waals surface area contributed by atoms with E-state index in [-0.39, 0.29) is 0 Å². The summed E-state index contributed by atoms with van der Waals surface area (Å²) in [6.07, 6.45) is 3.82. The molecule has 0 aromatic carbocycles. The van der Waals surface area contributed by atoms with Crippen molar-refractivity contribution in [3.8, 4) is 0 Å². The van der Waals surface area contributed by atoms with Gasteiger partial charge in [0, 0.05) is 56.5 Å². The standard InChI is InChI=1S/C16H28N4S/c1-3-17-12-14-16(13-4-5-13)18-15(21-14)6-7-20-10-8-19(2)9-11-20/h13,17H,3-12H2,1-2H3. The van der Waals surface area contributed by atoms with Crippen molar-refractivity contribution in [2.24, 2.45) is 0 Å². The van der Waals surface area contributed by atoms with Crippen LogP contribution in [0.2, 0.25) is 0 Å². The largest absolute Gasteiger partial charge is 0.312 e. The summed E-state index contributed by atoms with van der Waals surface area (Å²) in [7, 11) is 2.22. The van der Waals surface area contributed by atoms with Gasteiger partial charge in [-0.1, -0.05) is 6.92 Å². The fourth-order valence-electron chi connectivity index (χ4n) is 2.89. The van der Waals surface area contributed by atoms with Crippen molar-refractivity contribution >= 4 is 11.3 Å². The minimum absolute atomic E-state index is 0.771. The molecule has 1 aromatic rings. The predicted octanol–water partition coefficient (Wildman–Crippen LogP) is 1.92. The molecule has 2 aliphatic rings. The number of thiazole rings is 1. The highest BCUT2D eigenvalue weighted by molar-refractivity contribution is 7.11. The molecule has 0 bridgehead atoms. The highest BCUT2D eigenvalue weighted by Gasteiger charge is 2.29. The molecule has 0 spiro atoms. The van der Waals surface area contributed by atoms with Crippen LogP contribution in [0.3, 0.4) is 0 Å². The number of rotatable bonds is 7. The van der Waals surface area contributed by atoms with Crippen LogP contribution in [-0.2, 0) is 13.0 Å². The summed E-state index contributed by atoms with van der Waals surface area (Å²) in [5, 5.41) is 4.82. The lowest BCUT2D eigenvalue weighted by molar-refractivity contribution is 0.155. The van der Waals surface area contributed by atoms with Crippen molar-refractivity contribution in [1.82, 2.24) is 20.1 Å². The lowest BCUT2D eigenvalue weighted by atomic mass is 10.2. The fourth-order valence-corrected chi connectivity index (χ4v) is 4.00. The van der Waals surface area contributed by atoms with Crippen LogP contribution in [0.4, 0.5) is 0 Å². The van der Waals surface area contributed by atoms with Gasteiger partial charge in [0.25, 0.3) is 0 Å². The van der Waals surface area contributed by atoms with Crippen LogP contribution in [-0.4, -0.2) is 61.1 Å². The average Bonchev–Trinajstić information content (AvgIpc) is 3.26. The topological polar surface area (TPSA) is 31.4 Å². The van der Waals surface area contributed by atoms with E-state index in [4.69, 9.17) is 4.98 Å². The van der Waals surface area contributed by atoms with Gasteiger partial charge in [-0.25, -0.2) is 4.98 Å². The monoisotopic (exact) mass is 308 g/mol. The van der Waals surface area contributed by atoms with E-state index in [1.165, 1.54) is 61.1 Å². The van der Waals surface area contributed by atoms with Gasteiger partial charge in [0.05, 0.1) is 10.7 Å². The third-order valence-electron chi connectivity index (χ3n) is 4.51. The Balaban J connectivity index is 1.55. The van der Waals surface area contributed by atoms with E-state index in [1.54, 1.807) is 0 Å². The van der Waals surface area contributed by atoms with Crippen LogP contribution in [0.5, 0.6) is 0 Å². The third-order valence-corrected chi connectivity index (χ3v) is 5.64. The van der Waals surface area contributed by atoms with Gasteiger partial charge in [0.2, 0.25) is 0 Å². The Morgan fingerprint density at radius 2 is 2.00 bits per heavy atom. The molecule has 5 heteroatoms. The number of nitrogens with one attached hydrogen (secondary N) is 1. The molecule has 1 aliphatic carbocycles. The van der Waals surface area contributed by atoms with Gasteiger partial charge < -0.3 is 15.1 Å². The summed E-state index contributed by atoms with van der Waals surface area (Å²) in [6, 6.07) is 0. The molecule has 0 unspecified atom stereocenters. The highest BCUT2D eigenvalue weighted by atomic mass is 32.1. The molecular formula is C16H28N4S. The molecule has 0 amide bonds. The van der Waals surface area contributed by atoms with Crippen LogP contribution < -0.4 is 5.32 Å². The minimum Gasteiger partial charge on any atom is -0.312 e. The molecule has 4 nitrogen and oxygen atoms in total. The third kappa shape index (κ3) is 4.25. The summed E-state index contributed by atoms with van der Waals surface area (Å²) >= 11 is 1.95. The van der Waals surface area contributed by atoms with E-state index in [0.717, 1.165) is 25.4 Å². The van der Waals surface area contributed by atoms with Crippen molar-refractivity contribution in [3.63, 3.8) is 0 Å². The second-order valence-corrected chi connectivity index (χ2v) is 7.53. The minimum atomic E-state index is 0.771. The van der Waals surface area contributed by atoms with Gasteiger partial charge in [-0.2, -0.15) is 0 Å². The molecule has 0 radical (unpaired) electrons. The van der Waals surface area contributed by atoms with Gasteiger partial charge >= 0.3 is 0 Å². The second-order valence-electron chi connectivity index (χ2n) is 6.37. The Morgan fingerprint density at radius 3 is 2.67 bits per heavy atom. The molecule has 1 saturated carbocycles. The van der Waals surface area contributed by atoms with Gasteiger partial charge in [0.1, 0.15) is 0 Å². The summed E-state index contributed by atoms with van der Waals surface area (Å²) in [5.41, 5.74) is 1.41. The van der Waals surface area contributed by atoms with E-state index in [1.807, 2.05) is 11.3 Å². The van der Waals surface area contributed by atoms with E-state index in [2.05, 4.69) is 29.1 Å². The molecule has 1 aromatic heterocycles. The number of hydrogen-bond acceptors (Lipinski definition) is 5. The van der Waals surface area contributed by atoms with Crippen LogP contribution in [0.15, 0.2) is 0 Å². The van der Waals surface area contributed by atoms with Crippen molar-refractivity contribution in [1.29, 1.82) is 0 Å². The summed E-state index contributed by atoms with van der Waals surface area (Å²) in [5.74, 6) is 0.771. The van der Waals surface area contributed by atoms with Crippen LogP contribution in [0, 0.1) is 0 Å². The Bertz CT molecular complexity index is 447. The molecule has 0 atom stereocenters. The Hall–Kier alpha value is -0.490. The molecule has 3 rings (SSSR count). The first kappa shape index (κ1) is 15.4. The molecule has 21 heavy (non-hydrogen) atoms. The molecule has 2 fully saturated rings. The quantitative estimate of drug-likeness (QED) is 0.834. The first-order valence-corrected chi connectivity index (χ1v) is 9.18. The fraction of sp³-hybridized carbons (Fsp3) is 0.812. The first-order chi connectivity index (χ1) is 10.3. The summed E-state index contributed by atoms with van der Waals surface area (Å²) < 4.78 is 0. The summed E-state index contributed by atoms with van der Waals surface area (Å²) in [4.78, 5) is 11.5. The Labute approximate surface area is 132 Å². The zero-order chi connectivity index (χ0) is 14.7. The lowest BCUT2D eigenvalue weighted by Crippen LogP contribution is -2.45. The SMILES string of the molecule is CCNCc1sc(CCN2CCN(C)CC2)nc1C1CC1. The van der Waals surface area contributed by atoms with Crippen LogP contribution in [0.1, 0.15) is 41.3 Å². The molecule has 1 N–H and O–H groups in total. The van der Waals surface area contributed by atoms with E-state index in [0.29, 0.717) is 0 Å². The van der Waals surface area contributed by atoms with Crippen molar-refractivity contribution in [2.75, 3.05) is 46.3 Å². The normalized spacial score (nSPS) is 21.0. The van der Waals surface area contributed by atoms with Crippen molar-refractivity contribution in [3.05, 3.63) is 15.6 Å². The van der Waals surface area contributed by atoms with Crippen LogP contribution >= 0.6 is 11.3 Å². The van der Waals surface area contributed by atoms with Gasteiger partial charge in [0.15, 0.2) is 0 Å². The summed E-state index contributed by atoms with van der Waals surface area (Å²) in [6.45, 7) is 10.2. The van der Waals surface area contributed by atoms with E-state index >= 15 is 0 Å².